The summed E-state index contributed by atoms with van der Waals surface area (Å²) in [6, 6.07) is 15.6. The van der Waals surface area contributed by atoms with Gasteiger partial charge in [0.25, 0.3) is 5.91 Å². The molecule has 0 fully saturated rings. The van der Waals surface area contributed by atoms with Gasteiger partial charge in [0.15, 0.2) is 11.5 Å². The van der Waals surface area contributed by atoms with Crippen LogP contribution >= 0.6 is 0 Å². The number of pyridine rings is 1. The monoisotopic (exact) mass is 431 g/mol. The van der Waals surface area contributed by atoms with Gasteiger partial charge < -0.3 is 24.5 Å². The Hall–Kier alpha value is -3.58. The number of nitrogens with zero attached hydrogens (tertiary/aromatic N) is 1. The van der Waals surface area contributed by atoms with Crippen molar-refractivity contribution in [3.05, 3.63) is 54.2 Å². The lowest BCUT2D eigenvalue weighted by Crippen LogP contribution is -2.26. The lowest BCUT2D eigenvalue weighted by molar-refractivity contribution is 0.0756. The fourth-order valence-corrected chi connectivity index (χ4v) is 3.90. The summed E-state index contributed by atoms with van der Waals surface area (Å²) in [4.78, 5) is 21.2. The van der Waals surface area contributed by atoms with Crippen LogP contribution in [0.15, 0.2) is 48.5 Å². The normalized spacial score (nSPS) is 12.7. The lowest BCUT2D eigenvalue weighted by atomic mass is 10.1. The van der Waals surface area contributed by atoms with Crippen molar-refractivity contribution >= 4 is 27.7 Å². The van der Waals surface area contributed by atoms with Gasteiger partial charge in [0, 0.05) is 35.0 Å². The van der Waals surface area contributed by atoms with Crippen molar-refractivity contribution in [1.29, 1.82) is 0 Å². The minimum Gasteiger partial charge on any atom is -0.454 e. The fraction of sp³-hybridized carbons (Fsp3) is 0.280. The van der Waals surface area contributed by atoms with Crippen molar-refractivity contribution in [1.82, 2.24) is 15.3 Å². The summed E-state index contributed by atoms with van der Waals surface area (Å²) in [5.41, 5.74) is 3.80. The van der Waals surface area contributed by atoms with Crippen LogP contribution in [0.4, 0.5) is 0 Å². The Morgan fingerprint density at radius 2 is 1.97 bits per heavy atom. The van der Waals surface area contributed by atoms with E-state index in [1.54, 1.807) is 0 Å². The maximum absolute atomic E-state index is 12.9. The van der Waals surface area contributed by atoms with E-state index >= 15 is 0 Å². The van der Waals surface area contributed by atoms with Crippen molar-refractivity contribution in [3.8, 4) is 22.8 Å². The highest BCUT2D eigenvalue weighted by Crippen LogP contribution is 2.38. The number of aromatic nitrogens is 2. The first-order valence-corrected chi connectivity index (χ1v) is 10.8. The number of nitrogens with one attached hydrogen (secondary N) is 2. The molecule has 0 radical (unpaired) electrons. The van der Waals surface area contributed by atoms with Crippen molar-refractivity contribution in [3.63, 3.8) is 0 Å². The predicted molar refractivity (Wildman–Crippen MR) is 123 cm³/mol. The summed E-state index contributed by atoms with van der Waals surface area (Å²) >= 11 is 0. The molecule has 7 heteroatoms. The molecule has 164 valence electrons. The largest absolute Gasteiger partial charge is 0.454 e. The van der Waals surface area contributed by atoms with Gasteiger partial charge in [0.05, 0.1) is 17.3 Å². The zero-order valence-electron chi connectivity index (χ0n) is 18.1. The van der Waals surface area contributed by atoms with Crippen LogP contribution in [0.3, 0.4) is 0 Å². The smallest absolute Gasteiger partial charge is 0.269 e. The summed E-state index contributed by atoms with van der Waals surface area (Å²) in [5.74, 6) is 1.18. The van der Waals surface area contributed by atoms with Gasteiger partial charge in [0.1, 0.15) is 5.69 Å². The van der Waals surface area contributed by atoms with Gasteiger partial charge in [-0.15, -0.1) is 0 Å². The summed E-state index contributed by atoms with van der Waals surface area (Å²) in [7, 11) is 0. The van der Waals surface area contributed by atoms with Crippen LogP contribution in [0, 0.1) is 0 Å². The number of benzene rings is 2. The number of carbonyl (C=O) groups is 1. The number of ether oxygens (including phenoxy) is 3. The quantitative estimate of drug-likeness (QED) is 0.416. The molecular weight excluding hydrogens is 406 g/mol. The molecule has 0 aliphatic carbocycles. The maximum Gasteiger partial charge on any atom is 0.269 e. The van der Waals surface area contributed by atoms with Gasteiger partial charge >= 0.3 is 0 Å². The first-order chi connectivity index (χ1) is 15.6. The average Bonchev–Trinajstić information content (AvgIpc) is 3.41. The number of para-hydroxylation sites is 1. The number of hydrogen-bond acceptors (Lipinski definition) is 5. The molecule has 7 nitrogen and oxygen atoms in total. The molecule has 0 saturated carbocycles. The molecule has 3 heterocycles. The summed E-state index contributed by atoms with van der Waals surface area (Å²) in [5, 5.41) is 4.96. The molecule has 1 aliphatic heterocycles. The predicted octanol–water partition coefficient (Wildman–Crippen LogP) is 4.66. The van der Waals surface area contributed by atoms with E-state index in [4.69, 9.17) is 19.2 Å². The highest BCUT2D eigenvalue weighted by Gasteiger charge is 2.20. The highest BCUT2D eigenvalue weighted by atomic mass is 16.7. The standard InChI is InChI=1S/C25H25N3O4/c1-15(2)30-11-5-10-26-25(29)20-13-18-17-6-3-4-7-19(17)27-24(18)23(28-20)16-8-9-21-22(12-16)32-14-31-21/h3-4,6-9,12-13,15,27H,5,10-11,14H2,1-2H3,(H,26,29). The van der Waals surface area contributed by atoms with E-state index in [2.05, 4.69) is 10.3 Å². The third-order valence-corrected chi connectivity index (χ3v) is 5.43. The second-order valence-electron chi connectivity index (χ2n) is 8.05. The van der Waals surface area contributed by atoms with Crippen LogP contribution in [0.1, 0.15) is 30.8 Å². The Morgan fingerprint density at radius 3 is 2.84 bits per heavy atom. The Kier molecular flexibility index (Phi) is 5.41. The molecule has 1 aliphatic rings. The molecule has 2 N–H and O–H groups in total. The van der Waals surface area contributed by atoms with Crippen LogP contribution in [-0.4, -0.2) is 41.9 Å². The molecule has 0 spiro atoms. The van der Waals surface area contributed by atoms with Gasteiger partial charge in [-0.05, 0) is 50.6 Å². The maximum atomic E-state index is 12.9. The molecule has 5 rings (SSSR count). The number of rotatable bonds is 7. The number of carbonyl (C=O) groups excluding carboxylic acids is 1. The van der Waals surface area contributed by atoms with E-state index in [-0.39, 0.29) is 18.8 Å². The van der Waals surface area contributed by atoms with E-state index in [1.807, 2.05) is 62.4 Å². The topological polar surface area (TPSA) is 85.5 Å². The van der Waals surface area contributed by atoms with Crippen LogP contribution in [-0.2, 0) is 4.74 Å². The molecule has 0 unspecified atom stereocenters. The zero-order valence-corrected chi connectivity index (χ0v) is 18.1. The van der Waals surface area contributed by atoms with Crippen molar-refractivity contribution < 1.29 is 19.0 Å². The van der Waals surface area contributed by atoms with Crippen molar-refractivity contribution in [2.45, 2.75) is 26.4 Å². The Labute approximate surface area is 185 Å². The number of hydrogen-bond donors (Lipinski definition) is 2. The van der Waals surface area contributed by atoms with E-state index in [9.17, 15) is 4.79 Å². The first kappa shape index (κ1) is 20.3. The molecule has 0 bridgehead atoms. The lowest BCUT2D eigenvalue weighted by Gasteiger charge is -2.10. The molecule has 32 heavy (non-hydrogen) atoms. The third-order valence-electron chi connectivity index (χ3n) is 5.43. The number of aromatic amines is 1. The van der Waals surface area contributed by atoms with E-state index in [0.717, 1.165) is 33.8 Å². The van der Waals surface area contributed by atoms with Crippen LogP contribution < -0.4 is 14.8 Å². The minimum atomic E-state index is -0.205. The van der Waals surface area contributed by atoms with Crippen LogP contribution in [0.25, 0.3) is 33.1 Å². The van der Waals surface area contributed by atoms with E-state index in [0.29, 0.717) is 36.0 Å². The van der Waals surface area contributed by atoms with Crippen LogP contribution in [0.2, 0.25) is 0 Å². The molecule has 2 aromatic heterocycles. The fourth-order valence-electron chi connectivity index (χ4n) is 3.90. The third kappa shape index (κ3) is 3.87. The molecule has 1 amide bonds. The van der Waals surface area contributed by atoms with Gasteiger partial charge in [-0.2, -0.15) is 0 Å². The van der Waals surface area contributed by atoms with Gasteiger partial charge in [0.2, 0.25) is 6.79 Å². The number of fused-ring (bicyclic) bond motifs is 4. The molecule has 4 aromatic rings. The highest BCUT2D eigenvalue weighted by molar-refractivity contribution is 6.13. The SMILES string of the molecule is CC(C)OCCCNC(=O)c1cc2c([nH]c3ccccc32)c(-c2ccc3c(c2)OCO3)n1. The Bertz CT molecular complexity index is 1300. The zero-order chi connectivity index (χ0) is 22.1. The average molecular weight is 431 g/mol. The Balaban J connectivity index is 1.53. The van der Waals surface area contributed by atoms with Gasteiger partial charge in [-0.3, -0.25) is 4.79 Å². The summed E-state index contributed by atoms with van der Waals surface area (Å²) in [6.07, 6.45) is 0.926. The second-order valence-corrected chi connectivity index (χ2v) is 8.05. The molecule has 0 saturated heterocycles. The van der Waals surface area contributed by atoms with Crippen molar-refractivity contribution in [2.24, 2.45) is 0 Å². The van der Waals surface area contributed by atoms with E-state index < -0.39 is 0 Å². The number of H-pyrrole nitrogens is 1. The molecule has 0 atom stereocenters. The summed E-state index contributed by atoms with van der Waals surface area (Å²) in [6.45, 7) is 5.33. The van der Waals surface area contributed by atoms with Crippen LogP contribution in [0.5, 0.6) is 11.5 Å². The summed E-state index contributed by atoms with van der Waals surface area (Å²) < 4.78 is 16.5. The minimum absolute atomic E-state index is 0.181. The first-order valence-electron chi connectivity index (χ1n) is 10.8. The number of amides is 1. The molecule has 2 aromatic carbocycles. The Morgan fingerprint density at radius 1 is 1.12 bits per heavy atom. The molecular formula is C25H25N3O4. The van der Waals surface area contributed by atoms with Crippen molar-refractivity contribution in [2.75, 3.05) is 19.9 Å². The van der Waals surface area contributed by atoms with Gasteiger partial charge in [-0.1, -0.05) is 18.2 Å². The second kappa shape index (κ2) is 8.51. The van der Waals surface area contributed by atoms with E-state index in [1.165, 1.54) is 0 Å². The van der Waals surface area contributed by atoms with Gasteiger partial charge in [-0.25, -0.2) is 4.98 Å².